The Kier molecular flexibility index (Phi) is 5.94. The van der Waals surface area contributed by atoms with Crippen molar-refractivity contribution in [2.45, 2.75) is 33.1 Å². The monoisotopic (exact) mass is 418 g/mol. The van der Waals surface area contributed by atoms with Crippen molar-refractivity contribution >= 4 is 12.1 Å². The summed E-state index contributed by atoms with van der Waals surface area (Å²) < 4.78 is 35.4. The highest BCUT2D eigenvalue weighted by Gasteiger charge is 2.17. The average Bonchev–Trinajstić information content (AvgIpc) is 3.23. The molecule has 3 nitrogen and oxygen atoms in total. The molecule has 0 amide bonds. The van der Waals surface area contributed by atoms with Gasteiger partial charge in [0.2, 0.25) is 0 Å². The van der Waals surface area contributed by atoms with E-state index in [2.05, 4.69) is 28.2 Å². The van der Waals surface area contributed by atoms with Gasteiger partial charge in [-0.05, 0) is 68.0 Å². The molecule has 3 aromatic carbocycles. The third-order valence-electron chi connectivity index (χ3n) is 5.54. The largest absolute Gasteiger partial charge is 0.454 e. The maximum Gasteiger partial charge on any atom is 0.166 e. The molecule has 4 rings (SSSR count). The summed E-state index contributed by atoms with van der Waals surface area (Å²) in [6.07, 6.45) is 4.64. The van der Waals surface area contributed by atoms with Crippen LogP contribution in [0, 0.1) is 18.6 Å². The fraction of sp³-hybridized carbons (Fsp3) is 0.231. The second kappa shape index (κ2) is 8.80. The number of fused-ring (bicyclic) bond motifs is 1. The smallest absolute Gasteiger partial charge is 0.166 e. The lowest BCUT2D eigenvalue weighted by molar-refractivity contribution is 0.437. The summed E-state index contributed by atoms with van der Waals surface area (Å²) in [5, 5.41) is 0. The number of aliphatic imine (C=N–C) groups is 2. The van der Waals surface area contributed by atoms with E-state index in [0.29, 0.717) is 11.5 Å². The molecule has 5 heteroatoms. The first-order valence-electron chi connectivity index (χ1n) is 10.3. The average molecular weight is 418 g/mol. The second-order valence-corrected chi connectivity index (χ2v) is 7.79. The third-order valence-corrected chi connectivity index (χ3v) is 5.54. The highest BCUT2D eigenvalue weighted by atomic mass is 19.1. The number of hydrogen-bond acceptors (Lipinski definition) is 2. The van der Waals surface area contributed by atoms with E-state index in [1.165, 1.54) is 23.9 Å². The number of aryl methyl sites for hydroxylation is 3. The first-order chi connectivity index (χ1) is 15.0. The molecule has 0 aromatic heterocycles. The van der Waals surface area contributed by atoms with Crippen molar-refractivity contribution in [3.63, 3.8) is 0 Å². The molecule has 0 aliphatic heterocycles. The lowest BCUT2D eigenvalue weighted by Crippen LogP contribution is -2.02. The van der Waals surface area contributed by atoms with Crippen LogP contribution < -0.4 is 4.74 Å². The maximum atomic E-state index is 14.8. The Labute approximate surface area is 181 Å². The number of halogens is 2. The minimum atomic E-state index is -0.653. The Balaban J connectivity index is 1.71. The first kappa shape index (κ1) is 20.9. The summed E-state index contributed by atoms with van der Waals surface area (Å²) in [6, 6.07) is 14.3. The predicted octanol–water partition coefficient (Wildman–Crippen LogP) is 6.69. The van der Waals surface area contributed by atoms with Crippen LogP contribution >= 0.6 is 0 Å². The zero-order chi connectivity index (χ0) is 22.0. The third kappa shape index (κ3) is 4.41. The molecule has 0 atom stereocenters. The number of ether oxygens (including phenoxy) is 1. The van der Waals surface area contributed by atoms with E-state index >= 15 is 0 Å². The highest BCUT2D eigenvalue weighted by molar-refractivity contribution is 6.02. The van der Waals surface area contributed by atoms with Crippen molar-refractivity contribution in [3.8, 4) is 22.6 Å². The standard InChI is InChI=1S/C26H24F2N2O/c1-16-7-10-25(22(11-16)20-9-8-18-5-4-6-19(18)12-20)31-26-14-23(27)21(13-24(26)28)17(2)30-15-29-3/h7-15H,4-6H2,1-3H3/b29-15-,30-17+. The van der Waals surface area contributed by atoms with Gasteiger partial charge in [-0.1, -0.05) is 29.8 Å². The van der Waals surface area contributed by atoms with Crippen LogP contribution in [0.3, 0.4) is 0 Å². The van der Waals surface area contributed by atoms with E-state index < -0.39 is 11.6 Å². The summed E-state index contributed by atoms with van der Waals surface area (Å²) >= 11 is 0. The van der Waals surface area contributed by atoms with E-state index in [0.717, 1.165) is 41.7 Å². The lowest BCUT2D eigenvalue weighted by Gasteiger charge is -2.15. The maximum absolute atomic E-state index is 14.8. The van der Waals surface area contributed by atoms with Crippen LogP contribution in [0.15, 0.2) is 58.5 Å². The minimum Gasteiger partial charge on any atom is -0.454 e. The number of hydrogen-bond donors (Lipinski definition) is 0. The summed E-state index contributed by atoms with van der Waals surface area (Å²) in [5.41, 5.74) is 6.07. The van der Waals surface area contributed by atoms with Crippen LogP contribution in [0.2, 0.25) is 0 Å². The molecule has 0 unspecified atom stereocenters. The molecular weight excluding hydrogens is 394 g/mol. The second-order valence-electron chi connectivity index (χ2n) is 7.79. The van der Waals surface area contributed by atoms with Crippen LogP contribution in [0.4, 0.5) is 8.78 Å². The molecule has 31 heavy (non-hydrogen) atoms. The lowest BCUT2D eigenvalue weighted by atomic mass is 9.98. The van der Waals surface area contributed by atoms with Crippen molar-refractivity contribution in [1.29, 1.82) is 0 Å². The van der Waals surface area contributed by atoms with Gasteiger partial charge in [0.25, 0.3) is 0 Å². The van der Waals surface area contributed by atoms with Crippen molar-refractivity contribution < 1.29 is 13.5 Å². The molecule has 0 saturated heterocycles. The van der Waals surface area contributed by atoms with Crippen LogP contribution in [0.5, 0.6) is 11.5 Å². The van der Waals surface area contributed by atoms with Crippen molar-refractivity contribution in [2.75, 3.05) is 7.05 Å². The fourth-order valence-corrected chi connectivity index (χ4v) is 3.91. The number of nitrogens with zero attached hydrogens (tertiary/aromatic N) is 2. The molecular formula is C26H24F2N2O. The van der Waals surface area contributed by atoms with Gasteiger partial charge >= 0.3 is 0 Å². The van der Waals surface area contributed by atoms with Gasteiger partial charge in [0.1, 0.15) is 17.9 Å². The molecule has 3 aromatic rings. The Hall–Kier alpha value is -3.34. The van der Waals surface area contributed by atoms with Crippen molar-refractivity contribution in [1.82, 2.24) is 0 Å². The first-order valence-corrected chi connectivity index (χ1v) is 10.3. The fourth-order valence-electron chi connectivity index (χ4n) is 3.91. The predicted molar refractivity (Wildman–Crippen MR) is 122 cm³/mol. The van der Waals surface area contributed by atoms with Gasteiger partial charge in [0.15, 0.2) is 11.6 Å². The molecule has 1 aliphatic carbocycles. The Bertz CT molecular complexity index is 1200. The summed E-state index contributed by atoms with van der Waals surface area (Å²) in [5.74, 6) is -0.934. The molecule has 0 N–H and O–H groups in total. The molecule has 0 saturated carbocycles. The molecule has 158 valence electrons. The van der Waals surface area contributed by atoms with Crippen LogP contribution in [0.1, 0.15) is 35.6 Å². The molecule has 0 bridgehead atoms. The van der Waals surface area contributed by atoms with E-state index in [4.69, 9.17) is 4.74 Å². The van der Waals surface area contributed by atoms with Crippen LogP contribution in [0.25, 0.3) is 11.1 Å². The van der Waals surface area contributed by atoms with E-state index in [9.17, 15) is 8.78 Å². The Morgan fingerprint density at radius 1 is 0.935 bits per heavy atom. The minimum absolute atomic E-state index is 0.0764. The SMILES string of the molecule is C/N=C\N=C(/C)c1cc(F)c(Oc2ccc(C)cc2-c2ccc3c(c2)CCC3)cc1F. The van der Waals surface area contributed by atoms with Gasteiger partial charge in [0.05, 0.1) is 0 Å². The topological polar surface area (TPSA) is 34.0 Å². The zero-order valence-corrected chi connectivity index (χ0v) is 17.9. The van der Waals surface area contributed by atoms with Crippen LogP contribution in [-0.4, -0.2) is 19.1 Å². The summed E-state index contributed by atoms with van der Waals surface area (Å²) in [4.78, 5) is 7.74. The number of rotatable bonds is 5. The van der Waals surface area contributed by atoms with E-state index in [-0.39, 0.29) is 11.3 Å². The van der Waals surface area contributed by atoms with E-state index in [1.807, 2.05) is 19.1 Å². The van der Waals surface area contributed by atoms with Gasteiger partial charge in [-0.3, -0.25) is 4.99 Å². The Morgan fingerprint density at radius 2 is 1.74 bits per heavy atom. The van der Waals surface area contributed by atoms with Gasteiger partial charge < -0.3 is 4.74 Å². The molecule has 0 fully saturated rings. The van der Waals surface area contributed by atoms with Gasteiger partial charge in [-0.15, -0.1) is 0 Å². The van der Waals surface area contributed by atoms with Crippen molar-refractivity contribution in [2.24, 2.45) is 9.98 Å². The molecule has 0 heterocycles. The summed E-state index contributed by atoms with van der Waals surface area (Å²) in [7, 11) is 1.56. The zero-order valence-electron chi connectivity index (χ0n) is 17.9. The van der Waals surface area contributed by atoms with Gasteiger partial charge in [-0.25, -0.2) is 13.8 Å². The molecule has 0 spiro atoms. The van der Waals surface area contributed by atoms with Crippen molar-refractivity contribution in [3.05, 3.63) is 82.4 Å². The van der Waals surface area contributed by atoms with Gasteiger partial charge in [-0.2, -0.15) is 0 Å². The number of benzene rings is 3. The highest BCUT2D eigenvalue weighted by Crippen LogP contribution is 2.37. The molecule has 0 radical (unpaired) electrons. The Morgan fingerprint density at radius 3 is 2.55 bits per heavy atom. The van der Waals surface area contributed by atoms with E-state index in [1.54, 1.807) is 20.0 Å². The van der Waals surface area contributed by atoms with Crippen LogP contribution in [-0.2, 0) is 12.8 Å². The quantitative estimate of drug-likeness (QED) is 0.336. The normalized spacial score (nSPS) is 13.6. The molecule has 1 aliphatic rings. The summed E-state index contributed by atoms with van der Waals surface area (Å²) in [6.45, 7) is 3.60. The van der Waals surface area contributed by atoms with Gasteiger partial charge in [0, 0.05) is 30.0 Å².